The van der Waals surface area contributed by atoms with E-state index in [0.717, 1.165) is 5.56 Å². The Kier molecular flexibility index (Phi) is 4.03. The fourth-order valence-corrected chi connectivity index (χ4v) is 1.67. The van der Waals surface area contributed by atoms with Crippen molar-refractivity contribution in [1.82, 2.24) is 0 Å². The van der Waals surface area contributed by atoms with Gasteiger partial charge in [-0.3, -0.25) is 4.79 Å². The first-order valence-electron chi connectivity index (χ1n) is 5.77. The molecule has 4 nitrogen and oxygen atoms in total. The van der Waals surface area contributed by atoms with Crippen LogP contribution in [0.15, 0.2) is 42.5 Å². The fourth-order valence-electron chi connectivity index (χ4n) is 1.67. The van der Waals surface area contributed by atoms with Crippen LogP contribution >= 0.6 is 0 Å². The second-order valence-corrected chi connectivity index (χ2v) is 3.95. The number of rotatable bonds is 5. The first-order valence-corrected chi connectivity index (χ1v) is 5.77. The van der Waals surface area contributed by atoms with E-state index >= 15 is 0 Å². The van der Waals surface area contributed by atoms with E-state index in [-0.39, 0.29) is 11.3 Å². The number of phenolic OH excluding ortho intramolecular Hbond substituents is 1. The third-order valence-electron chi connectivity index (χ3n) is 2.68. The Morgan fingerprint density at radius 2 is 1.89 bits per heavy atom. The summed E-state index contributed by atoms with van der Waals surface area (Å²) >= 11 is 0. The molecule has 2 aromatic rings. The van der Waals surface area contributed by atoms with Gasteiger partial charge in [0.25, 0.3) is 0 Å². The van der Waals surface area contributed by atoms with Gasteiger partial charge in [0.05, 0.1) is 12.7 Å². The summed E-state index contributed by atoms with van der Waals surface area (Å²) in [5.74, 6) is 0.684. The molecule has 0 spiro atoms. The monoisotopic (exact) mass is 258 g/mol. The highest BCUT2D eigenvalue weighted by Crippen LogP contribution is 2.33. The maximum atomic E-state index is 10.7. The van der Waals surface area contributed by atoms with Crippen LogP contribution in [0.3, 0.4) is 0 Å². The van der Waals surface area contributed by atoms with Gasteiger partial charge in [-0.2, -0.15) is 0 Å². The molecule has 0 aliphatic carbocycles. The van der Waals surface area contributed by atoms with Crippen LogP contribution in [0.25, 0.3) is 0 Å². The summed E-state index contributed by atoms with van der Waals surface area (Å²) in [6, 6.07) is 12.5. The molecule has 98 valence electrons. The van der Waals surface area contributed by atoms with Crippen LogP contribution in [0.2, 0.25) is 0 Å². The highest BCUT2D eigenvalue weighted by Gasteiger charge is 2.10. The van der Waals surface area contributed by atoms with Gasteiger partial charge in [-0.15, -0.1) is 0 Å². The Bertz CT molecular complexity index is 564. The Labute approximate surface area is 111 Å². The molecule has 1 N–H and O–H groups in total. The summed E-state index contributed by atoms with van der Waals surface area (Å²) < 4.78 is 10.7. The van der Waals surface area contributed by atoms with E-state index in [1.54, 1.807) is 0 Å². The number of benzene rings is 2. The Balaban J connectivity index is 2.20. The van der Waals surface area contributed by atoms with E-state index in [9.17, 15) is 9.90 Å². The molecule has 0 saturated carbocycles. The lowest BCUT2D eigenvalue weighted by molar-refractivity contribution is 0.112. The summed E-state index contributed by atoms with van der Waals surface area (Å²) in [5.41, 5.74) is 1.17. The predicted molar refractivity (Wildman–Crippen MR) is 70.8 cm³/mol. The smallest absolute Gasteiger partial charge is 0.165 e. The second-order valence-electron chi connectivity index (χ2n) is 3.95. The number of aldehydes is 1. The molecule has 2 rings (SSSR count). The number of methoxy groups -OCH3 is 1. The minimum atomic E-state index is -0.126. The van der Waals surface area contributed by atoms with Crippen molar-refractivity contribution in [2.24, 2.45) is 0 Å². The lowest BCUT2D eigenvalue weighted by atomic mass is 10.2. The summed E-state index contributed by atoms with van der Waals surface area (Å²) in [4.78, 5) is 10.7. The lowest BCUT2D eigenvalue weighted by Crippen LogP contribution is -1.98. The number of carbonyl (C=O) groups excluding carboxylic acids is 1. The topological polar surface area (TPSA) is 55.8 Å². The van der Waals surface area contributed by atoms with Crippen molar-refractivity contribution in [1.29, 1.82) is 0 Å². The number of phenols is 1. The maximum absolute atomic E-state index is 10.7. The average molecular weight is 258 g/mol. The van der Waals surface area contributed by atoms with Crippen molar-refractivity contribution >= 4 is 6.29 Å². The zero-order valence-corrected chi connectivity index (χ0v) is 10.5. The van der Waals surface area contributed by atoms with Gasteiger partial charge in [0.15, 0.2) is 17.8 Å². The molecule has 0 radical (unpaired) electrons. The van der Waals surface area contributed by atoms with Gasteiger partial charge in [-0.05, 0) is 11.6 Å². The molecule has 0 unspecified atom stereocenters. The SMILES string of the molecule is COc1cc(C=O)c(O)cc1OCc1ccccc1. The molecule has 0 saturated heterocycles. The Hall–Kier alpha value is -2.49. The van der Waals surface area contributed by atoms with E-state index in [1.165, 1.54) is 19.2 Å². The molecule has 0 aliphatic heterocycles. The van der Waals surface area contributed by atoms with Gasteiger partial charge in [0.2, 0.25) is 0 Å². The lowest BCUT2D eigenvalue weighted by Gasteiger charge is -2.12. The van der Waals surface area contributed by atoms with Crippen LogP contribution in [0, 0.1) is 0 Å². The van der Waals surface area contributed by atoms with Crippen molar-refractivity contribution in [3.8, 4) is 17.2 Å². The molecule has 0 heterocycles. The van der Waals surface area contributed by atoms with Crippen molar-refractivity contribution in [2.45, 2.75) is 6.61 Å². The van der Waals surface area contributed by atoms with Crippen LogP contribution in [-0.2, 0) is 6.61 Å². The van der Waals surface area contributed by atoms with E-state index < -0.39 is 0 Å². The van der Waals surface area contributed by atoms with Gasteiger partial charge in [-0.1, -0.05) is 30.3 Å². The van der Waals surface area contributed by atoms with E-state index in [0.29, 0.717) is 24.4 Å². The molecular weight excluding hydrogens is 244 g/mol. The molecule has 19 heavy (non-hydrogen) atoms. The fraction of sp³-hybridized carbons (Fsp3) is 0.133. The van der Waals surface area contributed by atoms with Crippen molar-refractivity contribution in [3.63, 3.8) is 0 Å². The zero-order chi connectivity index (χ0) is 13.7. The van der Waals surface area contributed by atoms with E-state index in [2.05, 4.69) is 0 Å². The highest BCUT2D eigenvalue weighted by atomic mass is 16.5. The van der Waals surface area contributed by atoms with Crippen LogP contribution in [0.5, 0.6) is 17.2 Å². The van der Waals surface area contributed by atoms with Crippen LogP contribution in [-0.4, -0.2) is 18.5 Å². The zero-order valence-electron chi connectivity index (χ0n) is 10.5. The van der Waals surface area contributed by atoms with Crippen LogP contribution in [0.4, 0.5) is 0 Å². The Morgan fingerprint density at radius 3 is 2.53 bits per heavy atom. The Morgan fingerprint density at radius 1 is 1.16 bits per heavy atom. The van der Waals surface area contributed by atoms with Crippen LogP contribution in [0.1, 0.15) is 15.9 Å². The number of ether oxygens (including phenoxy) is 2. The van der Waals surface area contributed by atoms with Gasteiger partial charge in [0, 0.05) is 6.07 Å². The van der Waals surface area contributed by atoms with E-state index in [1.807, 2.05) is 30.3 Å². The summed E-state index contributed by atoms with van der Waals surface area (Å²) in [5, 5.41) is 9.64. The highest BCUT2D eigenvalue weighted by molar-refractivity contribution is 5.81. The molecule has 0 bridgehead atoms. The third-order valence-corrected chi connectivity index (χ3v) is 2.68. The first kappa shape index (κ1) is 13.0. The molecule has 0 aliphatic rings. The van der Waals surface area contributed by atoms with Gasteiger partial charge in [0.1, 0.15) is 12.4 Å². The van der Waals surface area contributed by atoms with Crippen molar-refractivity contribution in [2.75, 3.05) is 7.11 Å². The standard InChI is InChI=1S/C15H14O4/c1-18-14-7-12(9-16)13(17)8-15(14)19-10-11-5-3-2-4-6-11/h2-9,17H,10H2,1H3. The first-order chi connectivity index (χ1) is 9.24. The normalized spacial score (nSPS) is 9.95. The molecule has 0 fully saturated rings. The summed E-state index contributed by atoms with van der Waals surface area (Å²) in [7, 11) is 1.48. The summed E-state index contributed by atoms with van der Waals surface area (Å²) in [6.45, 7) is 0.358. The molecule has 2 aromatic carbocycles. The minimum Gasteiger partial charge on any atom is -0.507 e. The van der Waals surface area contributed by atoms with Crippen molar-refractivity contribution < 1.29 is 19.4 Å². The minimum absolute atomic E-state index is 0.126. The predicted octanol–water partition coefficient (Wildman–Crippen LogP) is 2.79. The number of aromatic hydroxyl groups is 1. The number of carbonyl (C=O) groups is 1. The number of hydrogen-bond donors (Lipinski definition) is 1. The van der Waals surface area contributed by atoms with Gasteiger partial charge < -0.3 is 14.6 Å². The third kappa shape index (κ3) is 3.04. The second kappa shape index (κ2) is 5.91. The molecule has 0 aromatic heterocycles. The molecular formula is C15H14O4. The van der Waals surface area contributed by atoms with Crippen LogP contribution < -0.4 is 9.47 Å². The molecule has 4 heteroatoms. The maximum Gasteiger partial charge on any atom is 0.165 e. The van der Waals surface area contributed by atoms with Crippen molar-refractivity contribution in [3.05, 3.63) is 53.6 Å². The summed E-state index contributed by atoms with van der Waals surface area (Å²) in [6.07, 6.45) is 0.568. The van der Waals surface area contributed by atoms with E-state index in [4.69, 9.17) is 9.47 Å². The average Bonchev–Trinajstić information content (AvgIpc) is 2.46. The molecule has 0 atom stereocenters. The van der Waals surface area contributed by atoms with Gasteiger partial charge in [-0.25, -0.2) is 0 Å². The number of hydrogen-bond acceptors (Lipinski definition) is 4. The quantitative estimate of drug-likeness (QED) is 0.838. The largest absolute Gasteiger partial charge is 0.507 e. The molecule has 0 amide bonds. The van der Waals surface area contributed by atoms with Gasteiger partial charge >= 0.3 is 0 Å².